The van der Waals surface area contributed by atoms with Crippen LogP contribution in [0.1, 0.15) is 38.0 Å². The van der Waals surface area contributed by atoms with Crippen LogP contribution in [-0.2, 0) is 28.7 Å². The van der Waals surface area contributed by atoms with Gasteiger partial charge in [-0.3, -0.25) is 14.4 Å². The number of methoxy groups -OCH3 is 2. The van der Waals surface area contributed by atoms with Crippen molar-refractivity contribution in [2.24, 2.45) is 0 Å². The predicted octanol–water partition coefficient (Wildman–Crippen LogP) is 4.86. The first kappa shape index (κ1) is 32.2. The van der Waals surface area contributed by atoms with Crippen molar-refractivity contribution in [2.45, 2.75) is 33.0 Å². The maximum Gasteiger partial charge on any atom is 0.330 e. The number of carbonyl (C=O) groups is 4. The van der Waals surface area contributed by atoms with Crippen molar-refractivity contribution in [3.05, 3.63) is 83.9 Å². The van der Waals surface area contributed by atoms with Crippen LogP contribution in [0.15, 0.2) is 72.8 Å². The molecule has 0 bridgehead atoms. The number of hydrogen-bond acceptors (Lipinski definition) is 11. The Morgan fingerprint density at radius 3 is 1.98 bits per heavy atom. The van der Waals surface area contributed by atoms with E-state index in [1.165, 1.54) is 59.3 Å². The fraction of sp³-hybridized carbons (Fsp3) is 0.250. The molecule has 0 spiro atoms. The Morgan fingerprint density at radius 1 is 0.721 bits per heavy atom. The number of rotatable bonds is 13. The predicted molar refractivity (Wildman–Crippen MR) is 154 cm³/mol. The average Bonchev–Trinajstić information content (AvgIpc) is 2.97. The summed E-state index contributed by atoms with van der Waals surface area (Å²) in [5.41, 5.74) is 1.08. The molecule has 0 fully saturated rings. The first-order valence-corrected chi connectivity index (χ1v) is 13.1. The van der Waals surface area contributed by atoms with E-state index in [1.807, 2.05) is 0 Å². The topological polar surface area (TPSA) is 133 Å². The number of carbonyl (C=O) groups excluding carboxylic acids is 4. The fourth-order valence-corrected chi connectivity index (χ4v) is 3.89. The molecule has 0 saturated heterocycles. The number of benzene rings is 3. The SMILES string of the molecule is COc1cc([C@@H](OC(C)=O)[C@H](COC(=O)/C=C/c2ccc(OC(C)=O)cc2)Oc2ccccc2OC)ccc1OC(C)=O. The molecule has 0 radical (unpaired) electrons. The zero-order chi connectivity index (χ0) is 31.4. The van der Waals surface area contributed by atoms with Gasteiger partial charge < -0.3 is 33.2 Å². The van der Waals surface area contributed by atoms with Gasteiger partial charge in [0.1, 0.15) is 12.4 Å². The number of hydrogen-bond donors (Lipinski definition) is 0. The zero-order valence-electron chi connectivity index (χ0n) is 24.4. The molecule has 3 rings (SSSR count). The maximum absolute atomic E-state index is 12.7. The lowest BCUT2D eigenvalue weighted by atomic mass is 10.0. The van der Waals surface area contributed by atoms with Crippen molar-refractivity contribution in [1.82, 2.24) is 0 Å². The van der Waals surface area contributed by atoms with E-state index in [2.05, 4.69) is 0 Å². The number of ether oxygens (including phenoxy) is 7. The summed E-state index contributed by atoms with van der Waals surface area (Å²) < 4.78 is 38.3. The van der Waals surface area contributed by atoms with Gasteiger partial charge in [0.15, 0.2) is 35.2 Å². The van der Waals surface area contributed by atoms with Crippen molar-refractivity contribution in [1.29, 1.82) is 0 Å². The van der Waals surface area contributed by atoms with Crippen LogP contribution in [0, 0.1) is 0 Å². The Balaban J connectivity index is 1.89. The van der Waals surface area contributed by atoms with Gasteiger partial charge in [0, 0.05) is 32.4 Å². The molecule has 3 aromatic carbocycles. The quantitative estimate of drug-likeness (QED) is 0.153. The molecule has 3 aromatic rings. The van der Waals surface area contributed by atoms with Gasteiger partial charge in [-0.1, -0.05) is 30.3 Å². The van der Waals surface area contributed by atoms with E-state index in [0.29, 0.717) is 28.4 Å². The van der Waals surface area contributed by atoms with Crippen molar-refractivity contribution in [3.8, 4) is 28.7 Å². The normalized spacial score (nSPS) is 12.0. The van der Waals surface area contributed by atoms with Crippen molar-refractivity contribution in [3.63, 3.8) is 0 Å². The molecule has 43 heavy (non-hydrogen) atoms. The molecule has 0 amide bonds. The van der Waals surface area contributed by atoms with E-state index in [1.54, 1.807) is 54.6 Å². The summed E-state index contributed by atoms with van der Waals surface area (Å²) in [6.45, 7) is 3.46. The first-order valence-electron chi connectivity index (χ1n) is 13.1. The highest BCUT2D eigenvalue weighted by Gasteiger charge is 2.31. The Labute approximate surface area is 248 Å². The Kier molecular flexibility index (Phi) is 11.7. The highest BCUT2D eigenvalue weighted by molar-refractivity contribution is 5.87. The van der Waals surface area contributed by atoms with Crippen LogP contribution in [0.4, 0.5) is 0 Å². The molecule has 0 unspecified atom stereocenters. The van der Waals surface area contributed by atoms with E-state index in [4.69, 9.17) is 33.2 Å². The van der Waals surface area contributed by atoms with Crippen LogP contribution in [0.3, 0.4) is 0 Å². The molecule has 11 heteroatoms. The van der Waals surface area contributed by atoms with Crippen molar-refractivity contribution in [2.75, 3.05) is 20.8 Å². The summed E-state index contributed by atoms with van der Waals surface area (Å²) in [6, 6.07) is 17.9. The number of esters is 4. The molecular weight excluding hydrogens is 560 g/mol. The second kappa shape index (κ2) is 15.6. The molecule has 0 N–H and O–H groups in total. The van der Waals surface area contributed by atoms with Gasteiger partial charge in [-0.2, -0.15) is 0 Å². The Morgan fingerprint density at radius 2 is 1.37 bits per heavy atom. The zero-order valence-corrected chi connectivity index (χ0v) is 24.4. The van der Waals surface area contributed by atoms with Crippen LogP contribution in [0.2, 0.25) is 0 Å². The van der Waals surface area contributed by atoms with Gasteiger partial charge in [-0.05, 0) is 48.0 Å². The average molecular weight is 593 g/mol. The van der Waals surface area contributed by atoms with E-state index >= 15 is 0 Å². The molecule has 11 nitrogen and oxygen atoms in total. The van der Waals surface area contributed by atoms with Gasteiger partial charge in [0.05, 0.1) is 14.2 Å². The van der Waals surface area contributed by atoms with E-state index < -0.39 is 36.1 Å². The lowest BCUT2D eigenvalue weighted by molar-refractivity contribution is -0.156. The fourth-order valence-electron chi connectivity index (χ4n) is 3.89. The summed E-state index contributed by atoms with van der Waals surface area (Å²) >= 11 is 0. The lowest BCUT2D eigenvalue weighted by Crippen LogP contribution is -2.34. The van der Waals surface area contributed by atoms with Crippen LogP contribution in [0.5, 0.6) is 28.7 Å². The molecule has 0 aliphatic rings. The molecule has 226 valence electrons. The van der Waals surface area contributed by atoms with E-state index in [0.717, 1.165) is 0 Å². The van der Waals surface area contributed by atoms with Gasteiger partial charge in [-0.25, -0.2) is 4.79 Å². The van der Waals surface area contributed by atoms with E-state index in [-0.39, 0.29) is 18.1 Å². The minimum Gasteiger partial charge on any atom is -0.493 e. The van der Waals surface area contributed by atoms with Crippen molar-refractivity contribution >= 4 is 30.0 Å². The standard InChI is InChI=1S/C32H32O11/c1-20(33)40-25-14-10-23(11-15-25)12-17-31(36)39-19-30(43-27-9-7-6-8-26(27)37-4)32(42-22(3)35)24-13-16-28(41-21(2)34)29(18-24)38-5/h6-18,30,32H,19H2,1-5H3/b17-12+/t30-,32+/m0/s1. The second-order valence-electron chi connectivity index (χ2n) is 8.97. The van der Waals surface area contributed by atoms with Gasteiger partial charge in [0.2, 0.25) is 0 Å². The minimum absolute atomic E-state index is 0.167. The lowest BCUT2D eigenvalue weighted by Gasteiger charge is -2.28. The molecule has 0 aliphatic carbocycles. The second-order valence-corrected chi connectivity index (χ2v) is 8.97. The largest absolute Gasteiger partial charge is 0.493 e. The first-order chi connectivity index (χ1) is 20.6. The van der Waals surface area contributed by atoms with Crippen LogP contribution >= 0.6 is 0 Å². The summed E-state index contributed by atoms with van der Waals surface area (Å²) in [4.78, 5) is 47.5. The smallest absolute Gasteiger partial charge is 0.330 e. The summed E-state index contributed by atoms with van der Waals surface area (Å²) in [7, 11) is 2.87. The third-order valence-electron chi connectivity index (χ3n) is 5.69. The highest BCUT2D eigenvalue weighted by atomic mass is 16.6. The maximum atomic E-state index is 12.7. The van der Waals surface area contributed by atoms with Crippen molar-refractivity contribution < 1.29 is 52.3 Å². The Bertz CT molecular complexity index is 1460. The van der Waals surface area contributed by atoms with E-state index in [9.17, 15) is 19.2 Å². The molecule has 0 aromatic heterocycles. The molecule has 0 heterocycles. The van der Waals surface area contributed by atoms with Gasteiger partial charge in [-0.15, -0.1) is 0 Å². The van der Waals surface area contributed by atoms with Gasteiger partial charge in [0.25, 0.3) is 0 Å². The monoisotopic (exact) mass is 592 g/mol. The minimum atomic E-state index is -1.09. The highest BCUT2D eigenvalue weighted by Crippen LogP contribution is 2.36. The van der Waals surface area contributed by atoms with Crippen LogP contribution in [0.25, 0.3) is 6.08 Å². The van der Waals surface area contributed by atoms with Crippen LogP contribution < -0.4 is 23.7 Å². The summed E-state index contributed by atoms with van der Waals surface area (Å²) in [5, 5.41) is 0. The molecule has 2 atom stereocenters. The molecular formula is C32H32O11. The van der Waals surface area contributed by atoms with Crippen LogP contribution in [-0.4, -0.2) is 50.8 Å². The Hall–Kier alpha value is -5.32. The van der Waals surface area contributed by atoms with Gasteiger partial charge >= 0.3 is 23.9 Å². The summed E-state index contributed by atoms with van der Waals surface area (Å²) in [5.74, 6) is -0.830. The third-order valence-corrected chi connectivity index (χ3v) is 5.69. The molecule has 0 aliphatic heterocycles. The summed E-state index contributed by atoms with van der Waals surface area (Å²) in [6.07, 6.45) is 0.606. The third kappa shape index (κ3) is 9.92. The number of para-hydroxylation sites is 2. The molecule has 0 saturated carbocycles.